The van der Waals surface area contributed by atoms with Crippen molar-refractivity contribution in [2.45, 2.75) is 6.42 Å². The average Bonchev–Trinajstić information content (AvgIpc) is 2.18. The molecule has 0 bridgehead atoms. The lowest BCUT2D eigenvalue weighted by molar-refractivity contribution is 0.0952. The molecule has 1 amide bonds. The van der Waals surface area contributed by atoms with Crippen LogP contribution in [0.15, 0.2) is 24.3 Å². The van der Waals surface area contributed by atoms with E-state index in [0.29, 0.717) is 12.0 Å². The fraction of sp³-hybridized carbons (Fsp3) is 0.222. The van der Waals surface area contributed by atoms with Crippen LogP contribution in [-0.4, -0.2) is 17.6 Å². The lowest BCUT2D eigenvalue weighted by Crippen LogP contribution is -2.30. The van der Waals surface area contributed by atoms with E-state index in [2.05, 4.69) is 5.43 Å². The summed E-state index contributed by atoms with van der Waals surface area (Å²) in [6.07, 6.45) is 0.462. The fourth-order valence-electron chi connectivity index (χ4n) is 1.16. The van der Waals surface area contributed by atoms with Crippen molar-refractivity contribution in [2.24, 2.45) is 5.84 Å². The van der Waals surface area contributed by atoms with Gasteiger partial charge in [0, 0.05) is 12.2 Å². The van der Waals surface area contributed by atoms with Crippen LogP contribution in [0, 0.1) is 0 Å². The van der Waals surface area contributed by atoms with Crippen LogP contribution in [0.2, 0.25) is 0 Å². The van der Waals surface area contributed by atoms with Gasteiger partial charge < -0.3 is 5.11 Å². The standard InChI is InChI=1S/C9H12N2O2/c10-11-9(13)8-4-2-1-3-7(8)5-6-12/h1-4,12H,5-6,10H2,(H,11,13). The van der Waals surface area contributed by atoms with E-state index < -0.39 is 0 Å². The lowest BCUT2D eigenvalue weighted by atomic mass is 10.0. The minimum atomic E-state index is -0.330. The number of hydrazine groups is 1. The van der Waals surface area contributed by atoms with Crippen LogP contribution < -0.4 is 11.3 Å². The largest absolute Gasteiger partial charge is 0.396 e. The molecule has 70 valence electrons. The molecule has 0 atom stereocenters. The summed E-state index contributed by atoms with van der Waals surface area (Å²) in [6.45, 7) is 0.0227. The van der Waals surface area contributed by atoms with Crippen molar-refractivity contribution in [1.82, 2.24) is 5.43 Å². The summed E-state index contributed by atoms with van der Waals surface area (Å²) in [7, 11) is 0. The summed E-state index contributed by atoms with van der Waals surface area (Å²) in [5, 5.41) is 8.74. The van der Waals surface area contributed by atoms with Gasteiger partial charge in [0.2, 0.25) is 0 Å². The molecule has 0 aliphatic heterocycles. The molecule has 0 saturated carbocycles. The molecule has 1 rings (SSSR count). The molecule has 4 heteroatoms. The number of carbonyl (C=O) groups is 1. The monoisotopic (exact) mass is 180 g/mol. The van der Waals surface area contributed by atoms with Crippen LogP contribution >= 0.6 is 0 Å². The van der Waals surface area contributed by atoms with Gasteiger partial charge in [0.25, 0.3) is 5.91 Å². The molecule has 0 fully saturated rings. The van der Waals surface area contributed by atoms with Crippen molar-refractivity contribution in [3.05, 3.63) is 35.4 Å². The summed E-state index contributed by atoms with van der Waals surface area (Å²) in [5.74, 6) is 4.68. The highest BCUT2D eigenvalue weighted by Crippen LogP contribution is 2.08. The van der Waals surface area contributed by atoms with E-state index in [-0.39, 0.29) is 12.5 Å². The molecule has 0 saturated heterocycles. The second-order valence-corrected chi connectivity index (χ2v) is 2.60. The maximum atomic E-state index is 11.2. The molecule has 0 aliphatic rings. The fourth-order valence-corrected chi connectivity index (χ4v) is 1.16. The van der Waals surface area contributed by atoms with Crippen LogP contribution in [0.25, 0.3) is 0 Å². The van der Waals surface area contributed by atoms with Gasteiger partial charge in [-0.15, -0.1) is 0 Å². The number of amides is 1. The third kappa shape index (κ3) is 2.27. The normalized spacial score (nSPS) is 9.69. The van der Waals surface area contributed by atoms with Crippen LogP contribution in [0.3, 0.4) is 0 Å². The Morgan fingerprint density at radius 1 is 1.46 bits per heavy atom. The Labute approximate surface area is 76.3 Å². The Balaban J connectivity index is 2.97. The van der Waals surface area contributed by atoms with Gasteiger partial charge in [-0.2, -0.15) is 0 Å². The minimum Gasteiger partial charge on any atom is -0.396 e. The van der Waals surface area contributed by atoms with Gasteiger partial charge in [0.05, 0.1) is 0 Å². The number of nitrogens with one attached hydrogen (secondary N) is 1. The molecule has 1 aromatic carbocycles. The van der Waals surface area contributed by atoms with Gasteiger partial charge in [-0.3, -0.25) is 10.2 Å². The van der Waals surface area contributed by atoms with Gasteiger partial charge in [-0.25, -0.2) is 5.84 Å². The highest BCUT2D eigenvalue weighted by atomic mass is 16.3. The van der Waals surface area contributed by atoms with Crippen molar-refractivity contribution in [2.75, 3.05) is 6.61 Å². The van der Waals surface area contributed by atoms with Gasteiger partial charge in [-0.1, -0.05) is 18.2 Å². The third-order valence-corrected chi connectivity index (χ3v) is 1.77. The first kappa shape index (κ1) is 9.70. The second kappa shape index (κ2) is 4.59. The summed E-state index contributed by atoms with van der Waals surface area (Å²) in [6, 6.07) is 7.04. The molecular formula is C9H12N2O2. The molecule has 0 aliphatic carbocycles. The predicted molar refractivity (Wildman–Crippen MR) is 48.9 cm³/mol. The highest BCUT2D eigenvalue weighted by molar-refractivity contribution is 5.95. The van der Waals surface area contributed by atoms with E-state index >= 15 is 0 Å². The Morgan fingerprint density at radius 2 is 2.15 bits per heavy atom. The predicted octanol–water partition coefficient (Wildman–Crippen LogP) is -0.175. The van der Waals surface area contributed by atoms with Gasteiger partial charge >= 0.3 is 0 Å². The first-order valence-corrected chi connectivity index (χ1v) is 3.99. The number of carbonyl (C=O) groups excluding carboxylic acids is 1. The molecule has 0 heterocycles. The second-order valence-electron chi connectivity index (χ2n) is 2.60. The topological polar surface area (TPSA) is 75.3 Å². The number of aliphatic hydroxyl groups is 1. The number of hydrogen-bond acceptors (Lipinski definition) is 3. The van der Waals surface area contributed by atoms with Gasteiger partial charge in [0.1, 0.15) is 0 Å². The molecule has 0 radical (unpaired) electrons. The minimum absolute atomic E-state index is 0.0227. The average molecular weight is 180 g/mol. The Bertz CT molecular complexity index is 299. The molecule has 0 aromatic heterocycles. The number of benzene rings is 1. The quantitative estimate of drug-likeness (QED) is 0.343. The first-order valence-electron chi connectivity index (χ1n) is 3.99. The highest BCUT2D eigenvalue weighted by Gasteiger charge is 2.07. The van der Waals surface area contributed by atoms with E-state index in [1.54, 1.807) is 18.2 Å². The summed E-state index contributed by atoms with van der Waals surface area (Å²) in [5.41, 5.74) is 3.37. The SMILES string of the molecule is NNC(=O)c1ccccc1CCO. The zero-order chi connectivity index (χ0) is 9.68. The number of rotatable bonds is 3. The molecule has 0 spiro atoms. The van der Waals surface area contributed by atoms with E-state index in [0.717, 1.165) is 5.56 Å². The van der Waals surface area contributed by atoms with Crippen molar-refractivity contribution in [3.8, 4) is 0 Å². The number of nitrogen functional groups attached to an aromatic ring is 1. The van der Waals surface area contributed by atoms with Crippen LogP contribution in [0.5, 0.6) is 0 Å². The van der Waals surface area contributed by atoms with Crippen molar-refractivity contribution in [3.63, 3.8) is 0 Å². The number of aliphatic hydroxyl groups excluding tert-OH is 1. The van der Waals surface area contributed by atoms with Gasteiger partial charge in [-0.05, 0) is 18.1 Å². The zero-order valence-electron chi connectivity index (χ0n) is 7.16. The molecule has 1 aromatic rings. The van der Waals surface area contributed by atoms with E-state index in [4.69, 9.17) is 10.9 Å². The Kier molecular flexibility index (Phi) is 3.42. The van der Waals surface area contributed by atoms with Crippen LogP contribution in [0.1, 0.15) is 15.9 Å². The smallest absolute Gasteiger partial charge is 0.265 e. The summed E-state index contributed by atoms with van der Waals surface area (Å²) in [4.78, 5) is 11.2. The summed E-state index contributed by atoms with van der Waals surface area (Å²) >= 11 is 0. The number of nitrogens with two attached hydrogens (primary N) is 1. The molecule has 4 N–H and O–H groups in total. The first-order chi connectivity index (χ1) is 6.29. The molecular weight excluding hydrogens is 168 g/mol. The van der Waals surface area contributed by atoms with E-state index in [9.17, 15) is 4.79 Å². The molecule has 0 unspecified atom stereocenters. The van der Waals surface area contributed by atoms with E-state index in [1.165, 1.54) is 0 Å². The van der Waals surface area contributed by atoms with E-state index in [1.807, 2.05) is 6.07 Å². The molecule has 4 nitrogen and oxygen atoms in total. The van der Waals surface area contributed by atoms with Crippen LogP contribution in [-0.2, 0) is 6.42 Å². The van der Waals surface area contributed by atoms with Crippen molar-refractivity contribution < 1.29 is 9.90 Å². The zero-order valence-corrected chi connectivity index (χ0v) is 7.16. The maximum absolute atomic E-state index is 11.2. The van der Waals surface area contributed by atoms with Crippen molar-refractivity contribution in [1.29, 1.82) is 0 Å². The third-order valence-electron chi connectivity index (χ3n) is 1.77. The maximum Gasteiger partial charge on any atom is 0.265 e. The van der Waals surface area contributed by atoms with Crippen LogP contribution in [0.4, 0.5) is 0 Å². The van der Waals surface area contributed by atoms with Crippen molar-refractivity contribution >= 4 is 5.91 Å². The van der Waals surface area contributed by atoms with Gasteiger partial charge in [0.15, 0.2) is 0 Å². The molecule has 13 heavy (non-hydrogen) atoms. The number of hydrogen-bond donors (Lipinski definition) is 3. The lowest BCUT2D eigenvalue weighted by Gasteiger charge is -2.05. The Morgan fingerprint density at radius 3 is 2.77 bits per heavy atom. The summed E-state index contributed by atoms with van der Waals surface area (Å²) < 4.78 is 0. The Hall–Kier alpha value is -1.39.